The minimum Gasteiger partial charge on any atom is -0.370 e. The number of hydrogen-bond donors (Lipinski definition) is 1. The van der Waals surface area contributed by atoms with Crippen molar-refractivity contribution in [3.63, 3.8) is 0 Å². The van der Waals surface area contributed by atoms with Crippen molar-refractivity contribution in [3.05, 3.63) is 46.5 Å². The summed E-state index contributed by atoms with van der Waals surface area (Å²) >= 11 is 0. The van der Waals surface area contributed by atoms with Crippen molar-refractivity contribution in [1.29, 1.82) is 0 Å². The van der Waals surface area contributed by atoms with E-state index in [-0.39, 0.29) is 23.3 Å². The molecule has 166 valence electrons. The van der Waals surface area contributed by atoms with Crippen LogP contribution < -0.4 is 5.73 Å². The van der Waals surface area contributed by atoms with E-state index in [0.29, 0.717) is 39.2 Å². The molecule has 3 atom stereocenters. The maximum Gasteiger partial charge on any atom is 0.214 e. The summed E-state index contributed by atoms with van der Waals surface area (Å²) in [7, 11) is -3.24. The maximum absolute atomic E-state index is 14.1. The first-order valence-corrected chi connectivity index (χ1v) is 12.0. The number of halogens is 2. The van der Waals surface area contributed by atoms with Gasteiger partial charge in [0.05, 0.1) is 12.4 Å². The van der Waals surface area contributed by atoms with Gasteiger partial charge in [0.25, 0.3) is 0 Å². The Hall–Kier alpha value is -1.39. The monoisotopic (exact) mass is 441 g/mol. The molecule has 3 aliphatic heterocycles. The van der Waals surface area contributed by atoms with Gasteiger partial charge in [0.2, 0.25) is 10.0 Å². The van der Waals surface area contributed by atoms with Crippen molar-refractivity contribution in [2.75, 3.05) is 38.5 Å². The molecule has 6 nitrogen and oxygen atoms in total. The van der Waals surface area contributed by atoms with Crippen molar-refractivity contribution < 1.29 is 21.9 Å². The predicted octanol–water partition coefficient (Wildman–Crippen LogP) is 2.04. The van der Waals surface area contributed by atoms with Gasteiger partial charge in [-0.25, -0.2) is 17.2 Å². The van der Waals surface area contributed by atoms with E-state index < -0.39 is 33.8 Å². The normalized spacial score (nSPS) is 28.5. The second kappa shape index (κ2) is 8.27. The van der Waals surface area contributed by atoms with Crippen LogP contribution in [0.2, 0.25) is 0 Å². The fraction of sp³-hybridized carbons (Fsp3) is 0.619. The number of rotatable bonds is 5. The van der Waals surface area contributed by atoms with E-state index in [2.05, 4.69) is 4.90 Å². The molecular weight excluding hydrogens is 412 g/mol. The smallest absolute Gasteiger partial charge is 0.214 e. The quantitative estimate of drug-likeness (QED) is 0.708. The van der Waals surface area contributed by atoms with E-state index in [1.54, 1.807) is 4.31 Å². The lowest BCUT2D eigenvalue weighted by Crippen LogP contribution is -2.49. The van der Waals surface area contributed by atoms with Gasteiger partial charge >= 0.3 is 0 Å². The van der Waals surface area contributed by atoms with E-state index >= 15 is 0 Å². The fourth-order valence-electron chi connectivity index (χ4n) is 4.71. The third kappa shape index (κ3) is 4.31. The second-order valence-electron chi connectivity index (χ2n) is 9.03. The lowest BCUT2D eigenvalue weighted by atomic mass is 9.93. The molecular formula is C21H29F2N3O3S. The molecule has 0 aromatic heterocycles. The van der Waals surface area contributed by atoms with Crippen LogP contribution in [0, 0.1) is 17.6 Å². The van der Waals surface area contributed by atoms with Crippen LogP contribution in [-0.2, 0) is 14.8 Å². The minimum absolute atomic E-state index is 0.0687. The van der Waals surface area contributed by atoms with E-state index in [1.165, 1.54) is 0 Å². The zero-order valence-electron chi connectivity index (χ0n) is 17.4. The first-order valence-electron chi connectivity index (χ1n) is 10.4. The summed E-state index contributed by atoms with van der Waals surface area (Å²) in [6.45, 7) is 6.50. The van der Waals surface area contributed by atoms with Crippen LogP contribution in [0.15, 0.2) is 29.3 Å². The summed E-state index contributed by atoms with van der Waals surface area (Å²) < 4.78 is 60.2. The lowest BCUT2D eigenvalue weighted by Gasteiger charge is -2.39. The van der Waals surface area contributed by atoms with Crippen LogP contribution in [0.3, 0.4) is 0 Å². The molecule has 3 aliphatic rings. The summed E-state index contributed by atoms with van der Waals surface area (Å²) in [6, 6.07) is 2.95. The topological polar surface area (TPSA) is 75.9 Å². The van der Waals surface area contributed by atoms with Gasteiger partial charge in [-0.05, 0) is 41.7 Å². The molecule has 0 bridgehead atoms. The highest BCUT2D eigenvalue weighted by Crippen LogP contribution is 2.35. The molecule has 1 aromatic carbocycles. The Morgan fingerprint density at radius 3 is 2.43 bits per heavy atom. The summed E-state index contributed by atoms with van der Waals surface area (Å²) in [5, 5.41) is 0. The van der Waals surface area contributed by atoms with Gasteiger partial charge < -0.3 is 10.5 Å². The molecule has 0 amide bonds. The molecule has 30 heavy (non-hydrogen) atoms. The van der Waals surface area contributed by atoms with Crippen LogP contribution in [0.4, 0.5) is 8.78 Å². The summed E-state index contributed by atoms with van der Waals surface area (Å²) in [4.78, 5) is 2.26. The molecule has 2 N–H and O–H groups in total. The average molecular weight is 442 g/mol. The standard InChI is InChI=1S/C21H29F2N3O3S/c1-13(2)12-30(27,28)26-9-14-7-25(8-15(14)10-26)17-6-20(24)21(29-11-17)18-5-16(22)3-4-19(18)23/h3-5,13,17,20-21H,6-12,24H2,1-2H3. The molecule has 0 saturated carbocycles. The third-order valence-electron chi connectivity index (χ3n) is 6.14. The molecule has 0 radical (unpaired) electrons. The van der Waals surface area contributed by atoms with Gasteiger partial charge in [0.1, 0.15) is 17.7 Å². The molecule has 4 rings (SSSR count). The molecule has 0 aliphatic carbocycles. The highest BCUT2D eigenvalue weighted by Gasteiger charge is 2.40. The van der Waals surface area contributed by atoms with Crippen molar-refractivity contribution in [3.8, 4) is 0 Å². The SMILES string of the molecule is CC(C)CS(=O)(=O)N1CC2=C(CN(C3COC(c4cc(F)ccc4F)C(N)C3)C2)C1. The van der Waals surface area contributed by atoms with E-state index in [4.69, 9.17) is 10.5 Å². The van der Waals surface area contributed by atoms with Crippen LogP contribution in [0.1, 0.15) is 31.9 Å². The van der Waals surface area contributed by atoms with Crippen molar-refractivity contribution in [2.45, 2.75) is 38.5 Å². The molecule has 3 unspecified atom stereocenters. The Balaban J connectivity index is 1.35. The van der Waals surface area contributed by atoms with Gasteiger partial charge in [-0.1, -0.05) is 13.8 Å². The van der Waals surface area contributed by atoms with Gasteiger partial charge in [-0.3, -0.25) is 4.90 Å². The average Bonchev–Trinajstić information content (AvgIpc) is 3.22. The minimum atomic E-state index is -3.24. The van der Waals surface area contributed by atoms with E-state index in [9.17, 15) is 17.2 Å². The van der Waals surface area contributed by atoms with Crippen molar-refractivity contribution in [1.82, 2.24) is 9.21 Å². The van der Waals surface area contributed by atoms with Crippen LogP contribution in [0.5, 0.6) is 0 Å². The van der Waals surface area contributed by atoms with E-state index in [1.807, 2.05) is 13.8 Å². The summed E-state index contributed by atoms with van der Waals surface area (Å²) in [5.41, 5.74) is 8.77. The first-order chi connectivity index (χ1) is 14.1. The zero-order chi connectivity index (χ0) is 21.6. The Labute approximate surface area is 176 Å². The number of nitrogens with two attached hydrogens (primary N) is 1. The Kier molecular flexibility index (Phi) is 6.02. The molecule has 1 aromatic rings. The van der Waals surface area contributed by atoms with Crippen LogP contribution >= 0.6 is 0 Å². The second-order valence-corrected chi connectivity index (χ2v) is 11.0. The molecule has 1 fully saturated rings. The zero-order valence-corrected chi connectivity index (χ0v) is 18.2. The number of ether oxygens (including phenoxy) is 1. The number of hydrogen-bond acceptors (Lipinski definition) is 5. The van der Waals surface area contributed by atoms with Gasteiger partial charge in [0.15, 0.2) is 0 Å². The van der Waals surface area contributed by atoms with Gasteiger partial charge in [-0.15, -0.1) is 0 Å². The van der Waals surface area contributed by atoms with Gasteiger partial charge in [0, 0.05) is 43.8 Å². The number of sulfonamides is 1. The fourth-order valence-corrected chi connectivity index (χ4v) is 6.47. The number of nitrogens with zero attached hydrogens (tertiary/aromatic N) is 2. The number of benzene rings is 1. The molecule has 9 heteroatoms. The third-order valence-corrected chi connectivity index (χ3v) is 8.27. The Morgan fingerprint density at radius 2 is 1.83 bits per heavy atom. The summed E-state index contributed by atoms with van der Waals surface area (Å²) in [5.74, 6) is -0.763. The lowest BCUT2D eigenvalue weighted by molar-refractivity contribution is -0.0467. The summed E-state index contributed by atoms with van der Waals surface area (Å²) in [6.07, 6.45) is -0.0627. The first kappa shape index (κ1) is 21.8. The molecule has 1 saturated heterocycles. The van der Waals surface area contributed by atoms with Gasteiger partial charge in [-0.2, -0.15) is 4.31 Å². The molecule has 3 heterocycles. The molecule has 0 spiro atoms. The maximum atomic E-state index is 14.1. The van der Waals surface area contributed by atoms with Crippen LogP contribution in [-0.4, -0.2) is 68.2 Å². The van der Waals surface area contributed by atoms with E-state index in [0.717, 1.165) is 29.3 Å². The van der Waals surface area contributed by atoms with Crippen LogP contribution in [0.25, 0.3) is 0 Å². The largest absolute Gasteiger partial charge is 0.370 e. The highest BCUT2D eigenvalue weighted by molar-refractivity contribution is 7.89. The van der Waals surface area contributed by atoms with Crippen molar-refractivity contribution in [2.24, 2.45) is 11.7 Å². The highest BCUT2D eigenvalue weighted by atomic mass is 32.2. The Bertz CT molecular complexity index is 933. The predicted molar refractivity (Wildman–Crippen MR) is 110 cm³/mol. The Morgan fingerprint density at radius 1 is 1.17 bits per heavy atom. The van der Waals surface area contributed by atoms with Crippen molar-refractivity contribution >= 4 is 10.0 Å².